The highest BCUT2D eigenvalue weighted by Gasteiger charge is 2.30. The first kappa shape index (κ1) is 14.3. The second-order valence-corrected chi connectivity index (χ2v) is 6.06. The standard InChI is InChI=1S/C14H25N3O2/c1-11(2)10-16-5-7-17(8-6-16)14(19)12-3-4-13(18)15-9-12/h11-12H,3-10H2,1-2H3,(H,15,18). The molecule has 2 aliphatic rings. The van der Waals surface area contributed by atoms with Gasteiger partial charge >= 0.3 is 0 Å². The van der Waals surface area contributed by atoms with Crippen molar-refractivity contribution in [2.24, 2.45) is 11.8 Å². The van der Waals surface area contributed by atoms with Gasteiger partial charge in [0.25, 0.3) is 0 Å². The maximum absolute atomic E-state index is 12.3. The number of nitrogens with zero attached hydrogens (tertiary/aromatic N) is 2. The Kier molecular flexibility index (Phi) is 4.80. The van der Waals surface area contributed by atoms with Crippen LogP contribution in [-0.4, -0.2) is 60.9 Å². The van der Waals surface area contributed by atoms with Crippen LogP contribution in [0.3, 0.4) is 0 Å². The molecule has 2 aliphatic heterocycles. The molecule has 1 unspecified atom stereocenters. The van der Waals surface area contributed by atoms with Crippen LogP contribution in [0.5, 0.6) is 0 Å². The SMILES string of the molecule is CC(C)CN1CCN(C(=O)C2CCC(=O)NC2)CC1. The van der Waals surface area contributed by atoms with E-state index >= 15 is 0 Å². The molecule has 0 aromatic heterocycles. The predicted octanol–water partition coefficient (Wildman–Crippen LogP) is 0.313. The van der Waals surface area contributed by atoms with Crippen molar-refractivity contribution in [1.82, 2.24) is 15.1 Å². The Balaban J connectivity index is 1.77. The monoisotopic (exact) mass is 267 g/mol. The third kappa shape index (κ3) is 3.93. The van der Waals surface area contributed by atoms with Gasteiger partial charge in [0.15, 0.2) is 0 Å². The lowest BCUT2D eigenvalue weighted by Gasteiger charge is -2.37. The minimum Gasteiger partial charge on any atom is -0.355 e. The second-order valence-electron chi connectivity index (χ2n) is 6.06. The molecule has 1 N–H and O–H groups in total. The number of piperazine rings is 1. The molecule has 2 saturated heterocycles. The highest BCUT2D eigenvalue weighted by molar-refractivity contribution is 5.83. The van der Waals surface area contributed by atoms with Gasteiger partial charge in [-0.2, -0.15) is 0 Å². The van der Waals surface area contributed by atoms with Crippen molar-refractivity contribution >= 4 is 11.8 Å². The molecule has 2 heterocycles. The maximum Gasteiger partial charge on any atom is 0.227 e. The largest absolute Gasteiger partial charge is 0.355 e. The molecule has 0 aliphatic carbocycles. The average Bonchev–Trinajstić information content (AvgIpc) is 2.39. The zero-order chi connectivity index (χ0) is 13.8. The fourth-order valence-corrected chi connectivity index (χ4v) is 2.87. The predicted molar refractivity (Wildman–Crippen MR) is 73.6 cm³/mol. The Labute approximate surface area is 115 Å². The lowest BCUT2D eigenvalue weighted by molar-refractivity contribution is -0.139. The quantitative estimate of drug-likeness (QED) is 0.801. The van der Waals surface area contributed by atoms with E-state index in [9.17, 15) is 9.59 Å². The van der Waals surface area contributed by atoms with E-state index in [1.54, 1.807) is 0 Å². The number of piperidine rings is 1. The molecule has 5 heteroatoms. The topological polar surface area (TPSA) is 52.7 Å². The molecule has 108 valence electrons. The molecule has 0 radical (unpaired) electrons. The molecule has 2 amide bonds. The lowest BCUT2D eigenvalue weighted by atomic mass is 9.97. The highest BCUT2D eigenvalue weighted by atomic mass is 16.2. The van der Waals surface area contributed by atoms with Crippen LogP contribution in [-0.2, 0) is 9.59 Å². The summed E-state index contributed by atoms with van der Waals surface area (Å²) in [5.41, 5.74) is 0. The number of carbonyl (C=O) groups is 2. The van der Waals surface area contributed by atoms with Crippen LogP contribution in [0.4, 0.5) is 0 Å². The van der Waals surface area contributed by atoms with Crippen LogP contribution in [0, 0.1) is 11.8 Å². The molecule has 1 atom stereocenters. The number of hydrogen-bond acceptors (Lipinski definition) is 3. The first-order valence-corrected chi connectivity index (χ1v) is 7.34. The fraction of sp³-hybridized carbons (Fsp3) is 0.857. The average molecular weight is 267 g/mol. The van der Waals surface area contributed by atoms with Gasteiger partial charge in [0.1, 0.15) is 0 Å². The smallest absolute Gasteiger partial charge is 0.227 e. The van der Waals surface area contributed by atoms with E-state index in [4.69, 9.17) is 0 Å². The molecular weight excluding hydrogens is 242 g/mol. The van der Waals surface area contributed by atoms with Crippen LogP contribution in [0.25, 0.3) is 0 Å². The second kappa shape index (κ2) is 6.37. The first-order valence-electron chi connectivity index (χ1n) is 7.34. The molecule has 0 bridgehead atoms. The van der Waals surface area contributed by atoms with Gasteiger partial charge in [-0.3, -0.25) is 14.5 Å². The van der Waals surface area contributed by atoms with Gasteiger partial charge in [0.2, 0.25) is 11.8 Å². The minimum atomic E-state index is -0.00523. The zero-order valence-corrected chi connectivity index (χ0v) is 12.0. The summed E-state index contributed by atoms with van der Waals surface area (Å²) in [5.74, 6) is 0.972. The van der Waals surface area contributed by atoms with Crippen LogP contribution in [0.2, 0.25) is 0 Å². The third-order valence-electron chi connectivity index (χ3n) is 3.92. The van der Waals surface area contributed by atoms with Gasteiger partial charge in [-0.05, 0) is 12.3 Å². The van der Waals surface area contributed by atoms with Gasteiger partial charge in [0, 0.05) is 45.7 Å². The summed E-state index contributed by atoms with van der Waals surface area (Å²) >= 11 is 0. The first-order chi connectivity index (χ1) is 9.06. The van der Waals surface area contributed by atoms with Gasteiger partial charge in [-0.1, -0.05) is 13.8 Å². The van der Waals surface area contributed by atoms with Crippen molar-refractivity contribution in [2.45, 2.75) is 26.7 Å². The number of carbonyl (C=O) groups excluding carboxylic acids is 2. The molecule has 5 nitrogen and oxygen atoms in total. The fourth-order valence-electron chi connectivity index (χ4n) is 2.87. The summed E-state index contributed by atoms with van der Waals surface area (Å²) in [6.45, 7) is 9.69. The van der Waals surface area contributed by atoms with Gasteiger partial charge in [0.05, 0.1) is 5.92 Å². The van der Waals surface area contributed by atoms with E-state index in [2.05, 4.69) is 24.1 Å². The van der Waals surface area contributed by atoms with Crippen LogP contribution in [0.1, 0.15) is 26.7 Å². The molecule has 0 saturated carbocycles. The number of hydrogen-bond donors (Lipinski definition) is 1. The number of rotatable bonds is 3. The van der Waals surface area contributed by atoms with E-state index in [-0.39, 0.29) is 17.7 Å². The Morgan fingerprint density at radius 1 is 1.32 bits per heavy atom. The molecule has 19 heavy (non-hydrogen) atoms. The Bertz CT molecular complexity index is 326. The summed E-state index contributed by atoms with van der Waals surface area (Å²) in [4.78, 5) is 27.9. The van der Waals surface area contributed by atoms with E-state index in [0.717, 1.165) is 32.7 Å². The zero-order valence-electron chi connectivity index (χ0n) is 12.0. The molecule has 2 rings (SSSR count). The van der Waals surface area contributed by atoms with Crippen LogP contribution < -0.4 is 5.32 Å². The van der Waals surface area contributed by atoms with Gasteiger partial charge < -0.3 is 10.2 Å². The van der Waals surface area contributed by atoms with E-state index < -0.39 is 0 Å². The molecule has 0 aromatic carbocycles. The van der Waals surface area contributed by atoms with Crippen LogP contribution >= 0.6 is 0 Å². The lowest BCUT2D eigenvalue weighted by Crippen LogP contribution is -2.53. The summed E-state index contributed by atoms with van der Waals surface area (Å²) in [6.07, 6.45) is 1.20. The van der Waals surface area contributed by atoms with E-state index in [1.165, 1.54) is 0 Å². The highest BCUT2D eigenvalue weighted by Crippen LogP contribution is 2.16. The van der Waals surface area contributed by atoms with E-state index in [1.807, 2.05) is 4.90 Å². The minimum absolute atomic E-state index is 0.00523. The normalized spacial score (nSPS) is 25.5. The van der Waals surface area contributed by atoms with E-state index in [0.29, 0.717) is 25.3 Å². The summed E-state index contributed by atoms with van der Waals surface area (Å²) in [5, 5.41) is 2.79. The molecule has 0 spiro atoms. The van der Waals surface area contributed by atoms with Gasteiger partial charge in [-0.15, -0.1) is 0 Å². The Hall–Kier alpha value is -1.10. The summed E-state index contributed by atoms with van der Waals surface area (Å²) in [7, 11) is 0. The molecule has 0 aromatic rings. The van der Waals surface area contributed by atoms with Crippen molar-refractivity contribution in [3.8, 4) is 0 Å². The summed E-state index contributed by atoms with van der Waals surface area (Å²) in [6, 6.07) is 0. The van der Waals surface area contributed by atoms with Crippen molar-refractivity contribution in [1.29, 1.82) is 0 Å². The summed E-state index contributed by atoms with van der Waals surface area (Å²) < 4.78 is 0. The third-order valence-corrected chi connectivity index (χ3v) is 3.92. The van der Waals surface area contributed by atoms with Crippen molar-refractivity contribution in [2.75, 3.05) is 39.3 Å². The van der Waals surface area contributed by atoms with Crippen molar-refractivity contribution < 1.29 is 9.59 Å². The molecule has 2 fully saturated rings. The number of nitrogens with one attached hydrogen (secondary N) is 1. The van der Waals surface area contributed by atoms with Crippen molar-refractivity contribution in [3.63, 3.8) is 0 Å². The Morgan fingerprint density at radius 3 is 2.53 bits per heavy atom. The van der Waals surface area contributed by atoms with Gasteiger partial charge in [-0.25, -0.2) is 0 Å². The van der Waals surface area contributed by atoms with Crippen LogP contribution in [0.15, 0.2) is 0 Å². The number of amides is 2. The molecular formula is C14H25N3O2. The maximum atomic E-state index is 12.3. The Morgan fingerprint density at radius 2 is 2.00 bits per heavy atom. The van der Waals surface area contributed by atoms with Crippen molar-refractivity contribution in [3.05, 3.63) is 0 Å².